The number of nitrogens with zero attached hydrogens (tertiary/aromatic N) is 1. The third-order valence-electron chi connectivity index (χ3n) is 2.41. The van der Waals surface area contributed by atoms with Gasteiger partial charge in [-0.05, 0) is 25.1 Å². The summed E-state index contributed by atoms with van der Waals surface area (Å²) in [6.07, 6.45) is 0. The highest BCUT2D eigenvalue weighted by Crippen LogP contribution is 2.13. The van der Waals surface area contributed by atoms with Crippen LogP contribution >= 0.6 is 11.6 Å². The fourth-order valence-electron chi connectivity index (χ4n) is 1.68. The Morgan fingerprint density at radius 1 is 1.47 bits per heavy atom. The van der Waals surface area contributed by atoms with E-state index < -0.39 is 5.69 Å². The van der Waals surface area contributed by atoms with E-state index >= 15 is 0 Å². The minimum Gasteiger partial charge on any atom is -0.326 e. The number of nitrogens with one attached hydrogen (secondary N) is 1. The number of rotatable bonds is 2. The van der Waals surface area contributed by atoms with Crippen LogP contribution in [0.3, 0.4) is 0 Å². The number of fused-ring (bicyclic) bond motifs is 1. The summed E-state index contributed by atoms with van der Waals surface area (Å²) >= 11 is 5.80. The van der Waals surface area contributed by atoms with Crippen molar-refractivity contribution in [2.24, 2.45) is 5.73 Å². The molecule has 0 fully saturated rings. The number of H-pyrrole nitrogens is 1. The summed E-state index contributed by atoms with van der Waals surface area (Å²) in [5.74, 6) is 0. The van der Waals surface area contributed by atoms with Gasteiger partial charge in [0.15, 0.2) is 0 Å². The lowest BCUT2D eigenvalue weighted by Crippen LogP contribution is -2.39. The Labute approximate surface area is 102 Å². The fourth-order valence-corrected chi connectivity index (χ4v) is 1.85. The Bertz CT molecular complexity index is 672. The highest BCUT2D eigenvalue weighted by atomic mass is 35.5. The minimum atomic E-state index is -0.470. The predicted molar refractivity (Wildman–Crippen MR) is 67.5 cm³/mol. The van der Waals surface area contributed by atoms with Gasteiger partial charge in [-0.1, -0.05) is 11.6 Å². The number of halogens is 1. The Kier molecular flexibility index (Phi) is 3.04. The molecule has 3 N–H and O–H groups in total. The Balaban J connectivity index is 2.77. The molecule has 0 amide bonds. The van der Waals surface area contributed by atoms with Crippen molar-refractivity contribution in [3.8, 4) is 0 Å². The molecular formula is C11H12ClN3O2. The van der Waals surface area contributed by atoms with Crippen LogP contribution in [0.1, 0.15) is 6.92 Å². The van der Waals surface area contributed by atoms with E-state index in [0.717, 1.165) is 4.57 Å². The van der Waals surface area contributed by atoms with Gasteiger partial charge in [0.05, 0.1) is 10.9 Å². The third-order valence-corrected chi connectivity index (χ3v) is 2.65. The highest BCUT2D eigenvalue weighted by Gasteiger charge is 2.08. The topological polar surface area (TPSA) is 80.9 Å². The molecule has 1 aromatic heterocycles. The van der Waals surface area contributed by atoms with E-state index in [1.807, 2.05) is 0 Å². The van der Waals surface area contributed by atoms with Crippen molar-refractivity contribution in [1.29, 1.82) is 0 Å². The number of hydrogen-bond donors (Lipinski definition) is 2. The van der Waals surface area contributed by atoms with Crippen LogP contribution in [0.5, 0.6) is 0 Å². The molecule has 0 radical (unpaired) electrons. The molecule has 0 aliphatic carbocycles. The quantitative estimate of drug-likeness (QED) is 0.826. The number of nitrogens with two attached hydrogens (primary N) is 1. The van der Waals surface area contributed by atoms with Crippen LogP contribution in [0.25, 0.3) is 10.9 Å². The van der Waals surface area contributed by atoms with Gasteiger partial charge < -0.3 is 10.7 Å². The van der Waals surface area contributed by atoms with Gasteiger partial charge in [-0.3, -0.25) is 9.36 Å². The first-order valence-electron chi connectivity index (χ1n) is 5.17. The molecule has 6 heteroatoms. The average Bonchev–Trinajstić information content (AvgIpc) is 2.23. The standard InChI is InChI=1S/C11H12ClN3O2/c1-6(13)5-15-10(16)8-3-2-7(12)4-9(8)14-11(15)17/h2-4,6H,5,13H2,1H3,(H,14,17). The second kappa shape index (κ2) is 4.35. The van der Waals surface area contributed by atoms with E-state index in [1.54, 1.807) is 25.1 Å². The van der Waals surface area contributed by atoms with E-state index in [-0.39, 0.29) is 18.1 Å². The molecule has 1 heterocycles. The number of aromatic nitrogens is 2. The lowest BCUT2D eigenvalue weighted by Gasteiger charge is -2.08. The summed E-state index contributed by atoms with van der Waals surface area (Å²) in [6.45, 7) is 1.92. The van der Waals surface area contributed by atoms with Crippen molar-refractivity contribution < 1.29 is 0 Å². The zero-order chi connectivity index (χ0) is 12.6. The normalized spacial score (nSPS) is 12.9. The van der Waals surface area contributed by atoms with Crippen LogP contribution in [-0.2, 0) is 6.54 Å². The predicted octanol–water partition coefficient (Wildman–Crippen LogP) is 0.690. The maximum atomic E-state index is 12.0. The molecule has 17 heavy (non-hydrogen) atoms. The molecule has 5 nitrogen and oxygen atoms in total. The first-order chi connectivity index (χ1) is 7.99. The summed E-state index contributed by atoms with van der Waals surface area (Å²) < 4.78 is 1.10. The molecule has 2 aromatic rings. The Hall–Kier alpha value is -1.59. The summed E-state index contributed by atoms with van der Waals surface area (Å²) in [7, 11) is 0. The van der Waals surface area contributed by atoms with E-state index in [9.17, 15) is 9.59 Å². The molecule has 0 saturated carbocycles. The molecule has 0 aliphatic rings. The van der Waals surface area contributed by atoms with E-state index in [2.05, 4.69) is 4.98 Å². The van der Waals surface area contributed by atoms with Crippen LogP contribution in [0.15, 0.2) is 27.8 Å². The van der Waals surface area contributed by atoms with Crippen LogP contribution < -0.4 is 17.0 Å². The van der Waals surface area contributed by atoms with Gasteiger partial charge in [-0.25, -0.2) is 4.79 Å². The molecular weight excluding hydrogens is 242 g/mol. The van der Waals surface area contributed by atoms with Crippen LogP contribution in [0.2, 0.25) is 5.02 Å². The molecule has 1 unspecified atom stereocenters. The largest absolute Gasteiger partial charge is 0.328 e. The average molecular weight is 254 g/mol. The van der Waals surface area contributed by atoms with Gasteiger partial charge in [0.1, 0.15) is 0 Å². The van der Waals surface area contributed by atoms with Crippen molar-refractivity contribution in [2.75, 3.05) is 0 Å². The first kappa shape index (κ1) is 11.9. The van der Waals surface area contributed by atoms with Gasteiger partial charge in [0.2, 0.25) is 0 Å². The number of aromatic amines is 1. The molecule has 1 aromatic carbocycles. The highest BCUT2D eigenvalue weighted by molar-refractivity contribution is 6.31. The smallest absolute Gasteiger partial charge is 0.326 e. The zero-order valence-electron chi connectivity index (χ0n) is 9.24. The maximum absolute atomic E-state index is 12.0. The minimum absolute atomic E-state index is 0.187. The Morgan fingerprint density at radius 2 is 2.18 bits per heavy atom. The molecule has 0 spiro atoms. The van der Waals surface area contributed by atoms with Crippen molar-refractivity contribution in [2.45, 2.75) is 19.5 Å². The van der Waals surface area contributed by atoms with Crippen molar-refractivity contribution in [3.63, 3.8) is 0 Å². The molecule has 0 bridgehead atoms. The van der Waals surface area contributed by atoms with Gasteiger partial charge in [0.25, 0.3) is 5.56 Å². The maximum Gasteiger partial charge on any atom is 0.328 e. The zero-order valence-corrected chi connectivity index (χ0v) is 9.99. The van der Waals surface area contributed by atoms with Gasteiger partial charge in [-0.15, -0.1) is 0 Å². The van der Waals surface area contributed by atoms with Crippen molar-refractivity contribution in [1.82, 2.24) is 9.55 Å². The van der Waals surface area contributed by atoms with Gasteiger partial charge >= 0.3 is 5.69 Å². The van der Waals surface area contributed by atoms with Crippen molar-refractivity contribution in [3.05, 3.63) is 44.1 Å². The third kappa shape index (κ3) is 2.25. The second-order valence-electron chi connectivity index (χ2n) is 4.01. The lowest BCUT2D eigenvalue weighted by molar-refractivity contribution is 0.554. The number of hydrogen-bond acceptors (Lipinski definition) is 3. The lowest BCUT2D eigenvalue weighted by atomic mass is 10.2. The summed E-state index contributed by atoms with van der Waals surface area (Å²) in [4.78, 5) is 26.4. The fraction of sp³-hybridized carbons (Fsp3) is 0.273. The molecule has 1 atom stereocenters. The Morgan fingerprint density at radius 3 is 2.82 bits per heavy atom. The second-order valence-corrected chi connectivity index (χ2v) is 4.45. The summed E-state index contributed by atoms with van der Waals surface area (Å²) in [5, 5.41) is 0.896. The van der Waals surface area contributed by atoms with Crippen LogP contribution in [0.4, 0.5) is 0 Å². The van der Waals surface area contributed by atoms with E-state index in [4.69, 9.17) is 17.3 Å². The molecule has 2 rings (SSSR count). The molecule has 0 aliphatic heterocycles. The van der Waals surface area contributed by atoms with Crippen molar-refractivity contribution >= 4 is 22.5 Å². The van der Waals surface area contributed by atoms with Crippen LogP contribution in [-0.4, -0.2) is 15.6 Å². The van der Waals surface area contributed by atoms with Crippen LogP contribution in [0, 0.1) is 0 Å². The monoisotopic (exact) mass is 253 g/mol. The van der Waals surface area contributed by atoms with Gasteiger partial charge in [-0.2, -0.15) is 0 Å². The van der Waals surface area contributed by atoms with E-state index in [1.165, 1.54) is 0 Å². The SMILES string of the molecule is CC(N)Cn1c(=O)[nH]c2cc(Cl)ccc2c1=O. The molecule has 0 saturated heterocycles. The summed E-state index contributed by atoms with van der Waals surface area (Å²) in [5.41, 5.74) is 5.22. The first-order valence-corrected chi connectivity index (χ1v) is 5.55. The number of benzene rings is 1. The van der Waals surface area contributed by atoms with Gasteiger partial charge in [0, 0.05) is 17.6 Å². The molecule has 90 valence electrons. The van der Waals surface area contributed by atoms with E-state index in [0.29, 0.717) is 15.9 Å². The summed E-state index contributed by atoms with van der Waals surface area (Å²) in [6, 6.07) is 4.49.